The maximum atomic E-state index is 12.2. The van der Waals surface area contributed by atoms with Crippen LogP contribution in [0.15, 0.2) is 23.0 Å². The first-order valence-corrected chi connectivity index (χ1v) is 11.5. The molecule has 1 amide bonds. The quantitative estimate of drug-likeness (QED) is 0.521. The summed E-state index contributed by atoms with van der Waals surface area (Å²) >= 11 is 5.09. The molecule has 0 saturated carbocycles. The Morgan fingerprint density at radius 1 is 1.30 bits per heavy atom. The van der Waals surface area contributed by atoms with Crippen LogP contribution in [0.5, 0.6) is 0 Å². The van der Waals surface area contributed by atoms with Gasteiger partial charge in [-0.15, -0.1) is 11.3 Å². The lowest BCUT2D eigenvalue weighted by molar-refractivity contribution is 0.0184. The Morgan fingerprint density at radius 3 is 2.50 bits per heavy atom. The maximum absolute atomic E-state index is 12.2. The van der Waals surface area contributed by atoms with Crippen molar-refractivity contribution >= 4 is 36.0 Å². The molecule has 0 bridgehead atoms. The third kappa shape index (κ3) is 6.50. The molecule has 1 fully saturated rings. The molecule has 3 rings (SSSR count). The first kappa shape index (κ1) is 24.3. The molecule has 9 heteroatoms. The summed E-state index contributed by atoms with van der Waals surface area (Å²) in [5.41, 5.74) is 0.835. The van der Waals surface area contributed by atoms with Crippen LogP contribution in [0.2, 0.25) is 0 Å². The molecule has 0 radical (unpaired) electrons. The number of hydrogen-bond acceptors (Lipinski definition) is 8. The lowest BCUT2D eigenvalue weighted by Crippen LogP contribution is -2.42. The van der Waals surface area contributed by atoms with Crippen molar-refractivity contribution in [2.24, 2.45) is 5.92 Å². The number of esters is 1. The van der Waals surface area contributed by atoms with Crippen LogP contribution in [0.1, 0.15) is 48.8 Å². The molecule has 1 aliphatic heterocycles. The number of amides is 1. The van der Waals surface area contributed by atoms with Crippen LogP contribution in [0.4, 0.5) is 4.79 Å². The molecule has 0 N–H and O–H groups in total. The molecule has 0 spiro atoms. The summed E-state index contributed by atoms with van der Waals surface area (Å²) in [5.74, 6) is 0.0941. The largest absolute Gasteiger partial charge is 0.465 e. The Morgan fingerprint density at radius 2 is 1.97 bits per heavy atom. The van der Waals surface area contributed by atoms with Crippen molar-refractivity contribution in [1.29, 1.82) is 0 Å². The smallest absolute Gasteiger partial charge is 0.410 e. The van der Waals surface area contributed by atoms with E-state index in [-0.39, 0.29) is 12.1 Å². The highest BCUT2D eigenvalue weighted by molar-refractivity contribution is 7.79. The average Bonchev–Trinajstić information content (AvgIpc) is 3.38. The van der Waals surface area contributed by atoms with E-state index in [2.05, 4.69) is 17.8 Å². The van der Waals surface area contributed by atoms with Crippen molar-refractivity contribution < 1.29 is 23.6 Å². The second-order valence-electron chi connectivity index (χ2n) is 7.98. The fourth-order valence-electron chi connectivity index (χ4n) is 3.27. The Kier molecular flexibility index (Phi) is 8.78. The first-order chi connectivity index (χ1) is 14.3. The van der Waals surface area contributed by atoms with E-state index in [1.807, 2.05) is 26.8 Å². The summed E-state index contributed by atoms with van der Waals surface area (Å²) in [7, 11) is 1.38. The highest BCUT2D eigenvalue weighted by Gasteiger charge is 2.28. The number of methoxy groups -OCH3 is 1. The van der Waals surface area contributed by atoms with Gasteiger partial charge in [0.25, 0.3) is 0 Å². The van der Waals surface area contributed by atoms with Crippen molar-refractivity contribution in [2.75, 3.05) is 26.5 Å². The van der Waals surface area contributed by atoms with Gasteiger partial charge in [-0.25, -0.2) is 9.59 Å². The SMILES string of the molecule is COC(=O)c1cc(CC2CCN(C(=O)OC(C)(C)C)CC2)sc1-c1cnoc1.CS. The minimum Gasteiger partial charge on any atom is -0.465 e. The first-order valence-electron chi connectivity index (χ1n) is 9.80. The molecular formula is C21H30N2O5S2. The van der Waals surface area contributed by atoms with E-state index < -0.39 is 5.60 Å². The van der Waals surface area contributed by atoms with Gasteiger partial charge in [0, 0.05) is 18.0 Å². The number of thiophene rings is 1. The summed E-state index contributed by atoms with van der Waals surface area (Å²) < 4.78 is 15.3. The normalized spacial score (nSPS) is 14.7. The topological polar surface area (TPSA) is 81.9 Å². The zero-order valence-corrected chi connectivity index (χ0v) is 19.8. The number of hydrogen-bond donors (Lipinski definition) is 1. The summed E-state index contributed by atoms with van der Waals surface area (Å²) in [6.07, 6.45) is 7.26. The van der Waals surface area contributed by atoms with Crippen LogP contribution >= 0.6 is 24.0 Å². The lowest BCUT2D eigenvalue weighted by Gasteiger charge is -2.33. The maximum Gasteiger partial charge on any atom is 0.410 e. The van der Waals surface area contributed by atoms with Gasteiger partial charge in [0.05, 0.1) is 29.3 Å². The van der Waals surface area contributed by atoms with Crippen molar-refractivity contribution in [3.63, 3.8) is 0 Å². The molecule has 7 nitrogen and oxygen atoms in total. The zero-order chi connectivity index (χ0) is 22.3. The number of ether oxygens (including phenoxy) is 2. The predicted octanol–water partition coefficient (Wildman–Crippen LogP) is 4.93. The predicted molar refractivity (Wildman–Crippen MR) is 120 cm³/mol. The van der Waals surface area contributed by atoms with E-state index in [4.69, 9.17) is 14.0 Å². The number of aromatic nitrogens is 1. The summed E-state index contributed by atoms with van der Waals surface area (Å²) in [6.45, 7) is 7.00. The zero-order valence-electron chi connectivity index (χ0n) is 18.1. The number of carbonyl (C=O) groups is 2. The highest BCUT2D eigenvalue weighted by Crippen LogP contribution is 2.35. The molecule has 0 aromatic carbocycles. The van der Waals surface area contributed by atoms with Crippen LogP contribution in [0.3, 0.4) is 0 Å². The van der Waals surface area contributed by atoms with Crippen molar-refractivity contribution in [3.8, 4) is 10.4 Å². The van der Waals surface area contributed by atoms with Crippen molar-refractivity contribution in [3.05, 3.63) is 29.0 Å². The Hall–Kier alpha value is -2.00. The molecule has 1 saturated heterocycles. The monoisotopic (exact) mass is 454 g/mol. The van der Waals surface area contributed by atoms with E-state index in [1.54, 1.807) is 28.7 Å². The molecule has 30 heavy (non-hydrogen) atoms. The third-order valence-corrected chi connectivity index (χ3v) is 5.85. The average molecular weight is 455 g/mol. The number of nitrogens with zero attached hydrogens (tertiary/aromatic N) is 2. The summed E-state index contributed by atoms with van der Waals surface area (Å²) in [4.78, 5) is 28.1. The van der Waals surface area contributed by atoms with Gasteiger partial charge < -0.3 is 18.9 Å². The molecule has 2 aromatic heterocycles. The minimum atomic E-state index is -0.479. The Bertz CT molecular complexity index is 819. The standard InChI is InChI=1S/C20H26N2O5S.CH4S/c1-20(2,3)27-19(24)22-7-5-13(6-8-22)9-15-10-16(18(23)25-4)17(28-15)14-11-21-26-12-14;1-2/h10-13H,5-9H2,1-4H3;2H,1H3. The van der Waals surface area contributed by atoms with Crippen molar-refractivity contribution in [2.45, 2.75) is 45.6 Å². The molecule has 0 aliphatic carbocycles. The van der Waals surface area contributed by atoms with E-state index in [0.29, 0.717) is 24.6 Å². The van der Waals surface area contributed by atoms with E-state index in [1.165, 1.54) is 13.4 Å². The van der Waals surface area contributed by atoms with Gasteiger partial charge in [0.15, 0.2) is 0 Å². The van der Waals surface area contributed by atoms with Gasteiger partial charge in [-0.2, -0.15) is 12.6 Å². The van der Waals surface area contributed by atoms with E-state index >= 15 is 0 Å². The Labute approximate surface area is 187 Å². The van der Waals surface area contributed by atoms with E-state index in [9.17, 15) is 9.59 Å². The van der Waals surface area contributed by atoms with Gasteiger partial charge in [0.1, 0.15) is 11.9 Å². The number of piperidine rings is 1. The molecule has 3 heterocycles. The third-order valence-electron chi connectivity index (χ3n) is 4.64. The molecule has 0 atom stereocenters. The van der Waals surface area contributed by atoms with Gasteiger partial charge in [-0.1, -0.05) is 5.16 Å². The molecular weight excluding hydrogens is 424 g/mol. The number of likely N-dealkylation sites (tertiary alicyclic amines) is 1. The lowest BCUT2D eigenvalue weighted by atomic mass is 9.93. The number of rotatable bonds is 4. The van der Waals surface area contributed by atoms with Gasteiger partial charge in [-0.3, -0.25) is 0 Å². The molecule has 1 aliphatic rings. The highest BCUT2D eigenvalue weighted by atomic mass is 32.1. The molecule has 2 aromatic rings. The van der Waals surface area contributed by atoms with Crippen molar-refractivity contribution in [1.82, 2.24) is 10.1 Å². The van der Waals surface area contributed by atoms with Crippen LogP contribution in [-0.2, 0) is 15.9 Å². The van der Waals surface area contributed by atoms with E-state index in [0.717, 1.165) is 34.6 Å². The number of carbonyl (C=O) groups excluding carboxylic acids is 2. The minimum absolute atomic E-state index is 0.246. The van der Waals surface area contributed by atoms with Crippen LogP contribution in [-0.4, -0.2) is 54.2 Å². The summed E-state index contributed by atoms with van der Waals surface area (Å²) in [5, 5.41) is 3.73. The van der Waals surface area contributed by atoms with Crippen LogP contribution in [0.25, 0.3) is 10.4 Å². The summed E-state index contributed by atoms with van der Waals surface area (Å²) in [6, 6.07) is 1.90. The van der Waals surface area contributed by atoms with Crippen LogP contribution < -0.4 is 0 Å². The van der Waals surface area contributed by atoms with Gasteiger partial charge in [-0.05, 0) is 58.3 Å². The second kappa shape index (κ2) is 10.9. The number of thiol groups is 1. The fraction of sp³-hybridized carbons (Fsp3) is 0.571. The van der Waals surface area contributed by atoms with Gasteiger partial charge >= 0.3 is 12.1 Å². The molecule has 166 valence electrons. The Balaban J connectivity index is 0.00000155. The van der Waals surface area contributed by atoms with Crippen LogP contribution in [0, 0.1) is 5.92 Å². The fourth-order valence-corrected chi connectivity index (χ4v) is 4.50. The molecule has 0 unspecified atom stereocenters. The second-order valence-corrected chi connectivity index (χ2v) is 9.11. The van der Waals surface area contributed by atoms with Gasteiger partial charge in [0.2, 0.25) is 0 Å².